The minimum atomic E-state index is -0.432. The molecule has 2 atom stereocenters. The Hall–Kier alpha value is -2.35. The van der Waals surface area contributed by atoms with Gasteiger partial charge in [-0.05, 0) is 25.0 Å². The number of para-hydroxylation sites is 1. The molecule has 2 saturated heterocycles. The largest absolute Gasteiger partial charge is 0.360 e. The lowest BCUT2D eigenvalue weighted by molar-refractivity contribution is -0.383. The Bertz CT molecular complexity index is 591. The normalized spacial score (nSPS) is 24.4. The van der Waals surface area contributed by atoms with Crippen molar-refractivity contribution in [1.82, 2.24) is 5.32 Å². The summed E-state index contributed by atoms with van der Waals surface area (Å²) in [5, 5.41) is 14.2. The van der Waals surface area contributed by atoms with Crippen LogP contribution in [0.25, 0.3) is 0 Å². The molecule has 0 aliphatic carbocycles. The highest BCUT2D eigenvalue weighted by Crippen LogP contribution is 2.39. The van der Waals surface area contributed by atoms with Crippen molar-refractivity contribution in [2.75, 3.05) is 23.4 Å². The number of nitro groups is 1. The number of hydrazine groups is 1. The molecule has 21 heavy (non-hydrogen) atoms. The summed E-state index contributed by atoms with van der Waals surface area (Å²) in [7, 11) is 0. The first-order valence-corrected chi connectivity index (χ1v) is 6.92. The molecule has 1 aromatic rings. The monoisotopic (exact) mass is 291 g/mol. The van der Waals surface area contributed by atoms with Crippen LogP contribution in [0, 0.1) is 16.0 Å². The van der Waals surface area contributed by atoms with Gasteiger partial charge in [0.15, 0.2) is 0 Å². The summed E-state index contributed by atoms with van der Waals surface area (Å²) >= 11 is 0. The Kier molecular flexibility index (Phi) is 3.38. The minimum absolute atomic E-state index is 0.0297. The van der Waals surface area contributed by atoms with Gasteiger partial charge in [0.2, 0.25) is 5.91 Å². The molecule has 2 aliphatic rings. The van der Waals surface area contributed by atoms with E-state index in [2.05, 4.69) is 10.7 Å². The lowest BCUT2D eigenvalue weighted by Crippen LogP contribution is -2.46. The van der Waals surface area contributed by atoms with Gasteiger partial charge in [-0.15, -0.1) is 0 Å². The number of nitrogens with zero attached hydrogens (tertiary/aromatic N) is 2. The van der Waals surface area contributed by atoms with Crippen LogP contribution >= 0.6 is 0 Å². The predicted octanol–water partition coefficient (Wildman–Crippen LogP) is 0.595. The molecule has 0 bridgehead atoms. The van der Waals surface area contributed by atoms with E-state index in [1.54, 1.807) is 18.2 Å². The highest BCUT2D eigenvalue weighted by Gasteiger charge is 2.42. The van der Waals surface area contributed by atoms with Crippen molar-refractivity contribution in [3.8, 4) is 0 Å². The molecule has 8 nitrogen and oxygen atoms in total. The van der Waals surface area contributed by atoms with Crippen molar-refractivity contribution in [2.45, 2.75) is 18.9 Å². The van der Waals surface area contributed by atoms with Crippen LogP contribution < -0.4 is 21.5 Å². The number of fused-ring (bicyclic) bond motifs is 1. The van der Waals surface area contributed by atoms with Crippen molar-refractivity contribution in [1.29, 1.82) is 0 Å². The number of rotatable bonds is 3. The van der Waals surface area contributed by atoms with Crippen LogP contribution in [0.15, 0.2) is 18.2 Å². The third kappa shape index (κ3) is 2.17. The molecule has 2 heterocycles. The first kappa shape index (κ1) is 13.6. The van der Waals surface area contributed by atoms with Crippen LogP contribution in [0.2, 0.25) is 0 Å². The Labute approximate surface area is 121 Å². The maximum absolute atomic E-state index is 11.8. The molecule has 0 radical (unpaired) electrons. The second kappa shape index (κ2) is 5.21. The van der Waals surface area contributed by atoms with E-state index in [9.17, 15) is 14.9 Å². The average Bonchev–Trinajstić information content (AvgIpc) is 2.88. The number of nitrogen functional groups attached to an aromatic ring is 1. The summed E-state index contributed by atoms with van der Waals surface area (Å²) in [5.74, 6) is 5.33. The van der Waals surface area contributed by atoms with E-state index in [0.717, 1.165) is 12.8 Å². The molecule has 2 unspecified atom stereocenters. The van der Waals surface area contributed by atoms with E-state index in [-0.39, 0.29) is 29.2 Å². The quantitative estimate of drug-likeness (QED) is 0.427. The van der Waals surface area contributed by atoms with E-state index in [1.807, 2.05) is 4.90 Å². The number of nitrogens with two attached hydrogens (primary N) is 1. The molecule has 0 aromatic heterocycles. The molecule has 3 rings (SSSR count). The van der Waals surface area contributed by atoms with Gasteiger partial charge in [-0.25, -0.2) is 0 Å². The molecule has 0 spiro atoms. The maximum atomic E-state index is 11.8. The van der Waals surface area contributed by atoms with Gasteiger partial charge in [-0.2, -0.15) is 0 Å². The second-order valence-corrected chi connectivity index (χ2v) is 5.33. The zero-order chi connectivity index (χ0) is 15.0. The predicted molar refractivity (Wildman–Crippen MR) is 77.8 cm³/mol. The number of piperidine rings is 1. The zero-order valence-electron chi connectivity index (χ0n) is 11.4. The van der Waals surface area contributed by atoms with E-state index < -0.39 is 4.92 Å². The topological polar surface area (TPSA) is 114 Å². The van der Waals surface area contributed by atoms with Crippen molar-refractivity contribution < 1.29 is 9.72 Å². The van der Waals surface area contributed by atoms with Gasteiger partial charge in [-0.1, -0.05) is 6.07 Å². The van der Waals surface area contributed by atoms with E-state index >= 15 is 0 Å². The smallest absolute Gasteiger partial charge is 0.316 e. The SMILES string of the molecule is NNc1cccc(N2CCCC3C(=O)NCC32)c1[N+](=O)[O-]. The van der Waals surface area contributed by atoms with Gasteiger partial charge < -0.3 is 15.6 Å². The lowest BCUT2D eigenvalue weighted by Gasteiger charge is -2.37. The number of benzene rings is 1. The highest BCUT2D eigenvalue weighted by molar-refractivity contribution is 5.84. The molecular formula is C13H17N5O3. The number of carbonyl (C=O) groups excluding carboxylic acids is 1. The molecule has 1 amide bonds. The van der Waals surface area contributed by atoms with Crippen molar-refractivity contribution in [2.24, 2.45) is 11.8 Å². The Morgan fingerprint density at radius 3 is 3.00 bits per heavy atom. The molecule has 2 fully saturated rings. The van der Waals surface area contributed by atoms with Crippen LogP contribution in [0.3, 0.4) is 0 Å². The van der Waals surface area contributed by atoms with Gasteiger partial charge in [-0.3, -0.25) is 20.8 Å². The summed E-state index contributed by atoms with van der Waals surface area (Å²) in [6.07, 6.45) is 1.67. The maximum Gasteiger partial charge on any atom is 0.316 e. The summed E-state index contributed by atoms with van der Waals surface area (Å²) in [6.45, 7) is 1.23. The standard InChI is InChI=1S/C13H17N5O3/c14-16-9-4-1-5-10(12(9)18(20)21)17-6-2-3-8-11(17)7-15-13(8)19/h1,4-5,8,11,16H,2-3,6-7,14H2,(H,15,19). The summed E-state index contributed by atoms with van der Waals surface area (Å²) in [4.78, 5) is 24.8. The summed E-state index contributed by atoms with van der Waals surface area (Å²) < 4.78 is 0. The van der Waals surface area contributed by atoms with Crippen LogP contribution in [0.5, 0.6) is 0 Å². The molecular weight excluding hydrogens is 274 g/mol. The van der Waals surface area contributed by atoms with Gasteiger partial charge in [0.25, 0.3) is 0 Å². The van der Waals surface area contributed by atoms with Crippen LogP contribution in [0.4, 0.5) is 17.1 Å². The number of nitrogens with one attached hydrogen (secondary N) is 2. The number of carbonyl (C=O) groups is 1. The van der Waals surface area contributed by atoms with Crippen molar-refractivity contribution in [3.63, 3.8) is 0 Å². The fourth-order valence-corrected chi connectivity index (χ4v) is 3.32. The molecule has 8 heteroatoms. The first-order valence-electron chi connectivity index (χ1n) is 6.92. The number of hydrogen-bond acceptors (Lipinski definition) is 6. The lowest BCUT2D eigenvalue weighted by atomic mass is 9.91. The molecule has 0 saturated carbocycles. The van der Waals surface area contributed by atoms with Gasteiger partial charge in [0.05, 0.1) is 16.9 Å². The molecule has 4 N–H and O–H groups in total. The van der Waals surface area contributed by atoms with Gasteiger partial charge in [0.1, 0.15) is 11.4 Å². The molecule has 1 aromatic carbocycles. The number of hydrogen-bond donors (Lipinski definition) is 3. The number of nitro benzene ring substituents is 1. The third-order valence-electron chi connectivity index (χ3n) is 4.26. The Balaban J connectivity index is 2.03. The summed E-state index contributed by atoms with van der Waals surface area (Å²) in [5.41, 5.74) is 3.12. The highest BCUT2D eigenvalue weighted by atomic mass is 16.6. The van der Waals surface area contributed by atoms with E-state index in [4.69, 9.17) is 5.84 Å². The van der Waals surface area contributed by atoms with E-state index in [0.29, 0.717) is 18.8 Å². The fourth-order valence-electron chi connectivity index (χ4n) is 3.32. The minimum Gasteiger partial charge on any atom is -0.360 e. The fraction of sp³-hybridized carbons (Fsp3) is 0.462. The number of amides is 1. The van der Waals surface area contributed by atoms with Crippen LogP contribution in [0.1, 0.15) is 12.8 Å². The van der Waals surface area contributed by atoms with Gasteiger partial charge >= 0.3 is 5.69 Å². The van der Waals surface area contributed by atoms with E-state index in [1.165, 1.54) is 0 Å². The Morgan fingerprint density at radius 2 is 2.29 bits per heavy atom. The second-order valence-electron chi connectivity index (χ2n) is 5.33. The van der Waals surface area contributed by atoms with Crippen molar-refractivity contribution in [3.05, 3.63) is 28.3 Å². The van der Waals surface area contributed by atoms with Crippen LogP contribution in [-0.4, -0.2) is 30.0 Å². The summed E-state index contributed by atoms with van der Waals surface area (Å²) in [6, 6.07) is 4.98. The first-order chi connectivity index (χ1) is 10.1. The third-order valence-corrected chi connectivity index (χ3v) is 4.26. The zero-order valence-corrected chi connectivity index (χ0v) is 11.4. The molecule has 2 aliphatic heterocycles. The molecule has 112 valence electrons. The van der Waals surface area contributed by atoms with Crippen LogP contribution in [-0.2, 0) is 4.79 Å². The van der Waals surface area contributed by atoms with Crippen molar-refractivity contribution >= 4 is 23.0 Å². The number of anilines is 2. The van der Waals surface area contributed by atoms with Gasteiger partial charge in [0, 0.05) is 13.1 Å². The Morgan fingerprint density at radius 1 is 1.48 bits per heavy atom. The average molecular weight is 291 g/mol.